The first kappa shape index (κ1) is 27.6. The Labute approximate surface area is 228 Å². The van der Waals surface area contributed by atoms with Crippen molar-refractivity contribution in [2.24, 2.45) is 5.73 Å². The van der Waals surface area contributed by atoms with E-state index in [1.165, 1.54) is 25.3 Å². The number of benzene rings is 2. The normalized spacial score (nSPS) is 29.8. The SMILES string of the molecule is COc1cccc2c1C(=O)c1c(O)c3c(c(O)c1C2=O)C[C@@](O)(C(=O)CS)C[C@@H]3O[C@H]1C[C@H](N)[C@H](O)[C@H](C)O1. The van der Waals surface area contributed by atoms with Crippen LogP contribution in [0, 0.1) is 0 Å². The number of fused-ring (bicyclic) bond motifs is 3. The van der Waals surface area contributed by atoms with Gasteiger partial charge in [-0.05, 0) is 13.0 Å². The number of rotatable bonds is 5. The Morgan fingerprint density at radius 3 is 2.51 bits per heavy atom. The number of aliphatic hydroxyl groups is 2. The van der Waals surface area contributed by atoms with Crippen molar-refractivity contribution in [3.8, 4) is 17.2 Å². The number of aromatic hydroxyl groups is 2. The zero-order chi connectivity index (χ0) is 28.4. The zero-order valence-corrected chi connectivity index (χ0v) is 22.1. The summed E-state index contributed by atoms with van der Waals surface area (Å²) in [6, 6.07) is 3.72. The molecule has 1 aliphatic heterocycles. The molecule has 12 heteroatoms. The van der Waals surface area contributed by atoms with Gasteiger partial charge in [-0.1, -0.05) is 12.1 Å². The van der Waals surface area contributed by atoms with Gasteiger partial charge < -0.3 is 40.4 Å². The molecule has 39 heavy (non-hydrogen) atoms. The second kappa shape index (κ2) is 9.88. The number of ketones is 3. The number of phenolic OH excluding ortho intramolecular Hbond substituents is 2. The molecule has 0 bridgehead atoms. The second-order valence-corrected chi connectivity index (χ2v) is 10.5. The van der Waals surface area contributed by atoms with Crippen molar-refractivity contribution >= 4 is 30.0 Å². The standard InChI is InChI=1S/C27H29NO10S/c1-10-22(30)13(28)6-17(37-10)38-15-8-27(35,16(29)9-39)7-12-19(15)26(34)21-20(24(12)32)23(31)11-4-3-5-14(36-2)18(11)25(21)33/h3-5,10,13,15,17,22,30,32,34-35,39H,6-9,28H2,1-2H3/t10-,13-,15-,17-,22+,27-/m0/s1. The van der Waals surface area contributed by atoms with Crippen LogP contribution in [-0.2, 0) is 20.7 Å². The third-order valence-electron chi connectivity index (χ3n) is 7.81. The Kier molecular flexibility index (Phi) is 6.98. The third-order valence-corrected chi connectivity index (χ3v) is 8.09. The summed E-state index contributed by atoms with van der Waals surface area (Å²) in [5.74, 6) is -3.61. The second-order valence-electron chi connectivity index (χ2n) is 10.2. The number of aliphatic hydroxyl groups excluding tert-OH is 1. The van der Waals surface area contributed by atoms with Crippen LogP contribution in [0.1, 0.15) is 68.8 Å². The van der Waals surface area contributed by atoms with Crippen LogP contribution in [0.5, 0.6) is 17.2 Å². The van der Waals surface area contributed by atoms with E-state index in [0.29, 0.717) is 0 Å². The highest BCUT2D eigenvalue weighted by Crippen LogP contribution is 2.52. The predicted octanol–water partition coefficient (Wildman–Crippen LogP) is 0.939. The zero-order valence-electron chi connectivity index (χ0n) is 21.2. The number of hydrogen-bond donors (Lipinski definition) is 6. The van der Waals surface area contributed by atoms with Crippen LogP contribution in [0.4, 0.5) is 0 Å². The number of Topliss-reactive ketones (excluding diaryl/α,β-unsaturated/α-hetero) is 1. The lowest BCUT2D eigenvalue weighted by atomic mass is 9.72. The molecule has 2 aromatic rings. The highest BCUT2D eigenvalue weighted by Gasteiger charge is 2.50. The van der Waals surface area contributed by atoms with Crippen LogP contribution in [0.2, 0.25) is 0 Å². The molecule has 3 aliphatic rings. The molecule has 0 saturated carbocycles. The number of hydrogen-bond acceptors (Lipinski definition) is 12. The first-order valence-electron chi connectivity index (χ1n) is 12.4. The van der Waals surface area contributed by atoms with Gasteiger partial charge in [0.25, 0.3) is 0 Å². The fraction of sp³-hybridized carbons (Fsp3) is 0.444. The highest BCUT2D eigenvalue weighted by molar-refractivity contribution is 7.81. The molecule has 0 aromatic heterocycles. The molecule has 0 unspecified atom stereocenters. The molecule has 11 nitrogen and oxygen atoms in total. The van der Waals surface area contributed by atoms with Gasteiger partial charge in [0.2, 0.25) is 5.78 Å². The van der Waals surface area contributed by atoms with Gasteiger partial charge >= 0.3 is 0 Å². The van der Waals surface area contributed by atoms with Crippen molar-refractivity contribution in [3.05, 3.63) is 51.6 Å². The van der Waals surface area contributed by atoms with Gasteiger partial charge in [0.1, 0.15) is 22.8 Å². The number of thiol groups is 1. The molecule has 2 aromatic carbocycles. The molecule has 6 N–H and O–H groups in total. The topological polar surface area (TPSA) is 186 Å². The molecular formula is C27H29NO10S. The molecule has 0 radical (unpaired) electrons. The summed E-state index contributed by atoms with van der Waals surface area (Å²) in [4.78, 5) is 40.0. The predicted molar refractivity (Wildman–Crippen MR) is 139 cm³/mol. The van der Waals surface area contributed by atoms with Crippen LogP contribution in [-0.4, -0.2) is 80.8 Å². The molecule has 1 fully saturated rings. The number of carbonyl (C=O) groups is 3. The van der Waals surface area contributed by atoms with E-state index in [1.54, 1.807) is 6.92 Å². The van der Waals surface area contributed by atoms with Gasteiger partial charge in [0, 0.05) is 42.0 Å². The Bertz CT molecular complexity index is 1380. The average Bonchev–Trinajstić information content (AvgIpc) is 2.90. The molecule has 1 heterocycles. The summed E-state index contributed by atoms with van der Waals surface area (Å²) in [5, 5.41) is 44.4. The minimum Gasteiger partial charge on any atom is -0.507 e. The lowest BCUT2D eigenvalue weighted by Gasteiger charge is -2.42. The van der Waals surface area contributed by atoms with Crippen LogP contribution in [0.15, 0.2) is 18.2 Å². The monoisotopic (exact) mass is 559 g/mol. The van der Waals surface area contributed by atoms with E-state index in [-0.39, 0.29) is 46.6 Å². The number of nitrogens with two attached hydrogens (primary N) is 1. The van der Waals surface area contributed by atoms with Gasteiger partial charge in [-0.25, -0.2) is 0 Å². The van der Waals surface area contributed by atoms with Crippen LogP contribution in [0.25, 0.3) is 0 Å². The Morgan fingerprint density at radius 2 is 1.87 bits per heavy atom. The first-order chi connectivity index (χ1) is 18.4. The fourth-order valence-electron chi connectivity index (χ4n) is 5.75. The van der Waals surface area contributed by atoms with E-state index in [4.69, 9.17) is 19.9 Å². The maximum absolute atomic E-state index is 13.7. The Balaban J connectivity index is 1.69. The summed E-state index contributed by atoms with van der Waals surface area (Å²) >= 11 is 4.00. The van der Waals surface area contributed by atoms with Gasteiger partial charge in [-0.3, -0.25) is 14.4 Å². The molecular weight excluding hydrogens is 530 g/mol. The van der Waals surface area contributed by atoms with Crippen molar-refractivity contribution < 1.29 is 49.0 Å². The third kappa shape index (κ3) is 4.22. The van der Waals surface area contributed by atoms with Crippen molar-refractivity contribution in [3.63, 3.8) is 0 Å². The van der Waals surface area contributed by atoms with Crippen LogP contribution < -0.4 is 10.5 Å². The number of methoxy groups -OCH3 is 1. The minimum atomic E-state index is -2.07. The van der Waals surface area contributed by atoms with E-state index >= 15 is 0 Å². The Morgan fingerprint density at radius 1 is 1.18 bits per heavy atom. The summed E-state index contributed by atoms with van der Waals surface area (Å²) in [6.07, 6.45) is -4.69. The molecule has 5 rings (SSSR count). The van der Waals surface area contributed by atoms with E-state index in [0.717, 1.165) is 0 Å². The van der Waals surface area contributed by atoms with Crippen molar-refractivity contribution in [2.45, 2.75) is 62.4 Å². The van der Waals surface area contributed by atoms with Gasteiger partial charge in [0.05, 0.1) is 47.9 Å². The summed E-state index contributed by atoms with van der Waals surface area (Å²) < 4.78 is 17.1. The van der Waals surface area contributed by atoms with Crippen molar-refractivity contribution in [2.75, 3.05) is 12.9 Å². The summed E-state index contributed by atoms with van der Waals surface area (Å²) in [6.45, 7) is 1.60. The van der Waals surface area contributed by atoms with Gasteiger partial charge in [-0.15, -0.1) is 0 Å². The van der Waals surface area contributed by atoms with Gasteiger partial charge in [-0.2, -0.15) is 12.6 Å². The highest BCUT2D eigenvalue weighted by atomic mass is 32.1. The van der Waals surface area contributed by atoms with E-state index in [9.17, 15) is 34.8 Å². The molecule has 6 atom stereocenters. The largest absolute Gasteiger partial charge is 0.507 e. The average molecular weight is 560 g/mol. The van der Waals surface area contributed by atoms with E-state index in [1.807, 2.05) is 0 Å². The van der Waals surface area contributed by atoms with E-state index in [2.05, 4.69) is 12.6 Å². The van der Waals surface area contributed by atoms with Crippen LogP contribution in [0.3, 0.4) is 0 Å². The number of phenols is 2. The number of ether oxygens (including phenoxy) is 3. The molecule has 208 valence electrons. The van der Waals surface area contributed by atoms with Crippen molar-refractivity contribution in [1.82, 2.24) is 0 Å². The smallest absolute Gasteiger partial charge is 0.202 e. The molecule has 0 amide bonds. The van der Waals surface area contributed by atoms with Crippen molar-refractivity contribution in [1.29, 1.82) is 0 Å². The summed E-state index contributed by atoms with van der Waals surface area (Å²) in [7, 11) is 1.34. The van der Waals surface area contributed by atoms with E-state index < -0.39 is 82.6 Å². The molecule has 1 saturated heterocycles. The van der Waals surface area contributed by atoms with Gasteiger partial charge in [0.15, 0.2) is 17.9 Å². The molecule has 0 spiro atoms. The Hall–Kier alpha value is -3.00. The quantitative estimate of drug-likeness (QED) is 0.193. The van der Waals surface area contributed by atoms with Crippen LogP contribution >= 0.6 is 12.6 Å². The fourth-order valence-corrected chi connectivity index (χ4v) is 6.04. The lowest BCUT2D eigenvalue weighted by molar-refractivity contribution is -0.247. The maximum atomic E-state index is 13.7. The molecule has 2 aliphatic carbocycles. The maximum Gasteiger partial charge on any atom is 0.202 e. The lowest BCUT2D eigenvalue weighted by Crippen LogP contribution is -2.52. The first-order valence-corrected chi connectivity index (χ1v) is 13.0. The summed E-state index contributed by atoms with van der Waals surface area (Å²) in [5.41, 5.74) is 2.83. The minimum absolute atomic E-state index is 0.0241. The number of carbonyl (C=O) groups excluding carboxylic acids is 3.